The molecule has 0 radical (unpaired) electrons. The molecule has 2 aromatic rings. The highest BCUT2D eigenvalue weighted by atomic mass is 35.5. The van der Waals surface area contributed by atoms with Gasteiger partial charge in [-0.3, -0.25) is 4.40 Å². The van der Waals surface area contributed by atoms with E-state index in [1.807, 2.05) is 22.6 Å². The molecule has 2 aromatic heterocycles. The number of pyridine rings is 1. The molecule has 3 nitrogen and oxygen atoms in total. The number of fused-ring (bicyclic) bond motifs is 1. The highest BCUT2D eigenvalue weighted by Crippen LogP contribution is 2.22. The third kappa shape index (κ3) is 1.94. The van der Waals surface area contributed by atoms with Gasteiger partial charge in [0.1, 0.15) is 10.8 Å². The Labute approximate surface area is 106 Å². The molecule has 0 aromatic carbocycles. The first kappa shape index (κ1) is 11.1. The molecule has 1 saturated heterocycles. The number of imidazole rings is 1. The fraction of sp³-hybridized carbons (Fsp3) is 0.462. The smallest absolute Gasteiger partial charge is 0.138 e. The standard InChI is InChI=1S/C13H16ClN3/c1-9-11(7-10-5-6-15-8-10)16-13-4-2-3-12(14)17(9)13/h2-4,10,15H,5-8H2,1H3. The van der Waals surface area contributed by atoms with Gasteiger partial charge in [-0.25, -0.2) is 4.98 Å². The number of aryl methyl sites for hydroxylation is 1. The number of aromatic nitrogens is 2. The minimum absolute atomic E-state index is 0.720. The quantitative estimate of drug-likeness (QED) is 0.829. The van der Waals surface area contributed by atoms with Crippen LogP contribution in [-0.4, -0.2) is 22.5 Å². The van der Waals surface area contributed by atoms with E-state index in [1.165, 1.54) is 17.8 Å². The van der Waals surface area contributed by atoms with Crippen LogP contribution in [0.4, 0.5) is 0 Å². The zero-order chi connectivity index (χ0) is 11.8. The first-order valence-electron chi connectivity index (χ1n) is 6.09. The average molecular weight is 250 g/mol. The van der Waals surface area contributed by atoms with E-state index < -0.39 is 0 Å². The SMILES string of the molecule is Cc1c(CC2CCNC2)nc2cccc(Cl)n12. The van der Waals surface area contributed by atoms with E-state index in [4.69, 9.17) is 11.6 Å². The van der Waals surface area contributed by atoms with Crippen LogP contribution in [0, 0.1) is 12.8 Å². The van der Waals surface area contributed by atoms with Crippen LogP contribution in [-0.2, 0) is 6.42 Å². The third-order valence-corrected chi connectivity index (χ3v) is 3.86. The molecule has 0 spiro atoms. The van der Waals surface area contributed by atoms with Gasteiger partial charge in [-0.2, -0.15) is 0 Å². The number of halogens is 1. The van der Waals surface area contributed by atoms with Gasteiger partial charge in [0.2, 0.25) is 0 Å². The fourth-order valence-electron chi connectivity index (χ4n) is 2.60. The summed E-state index contributed by atoms with van der Waals surface area (Å²) in [5.74, 6) is 0.720. The van der Waals surface area contributed by atoms with Crippen molar-refractivity contribution in [2.24, 2.45) is 5.92 Å². The number of rotatable bonds is 2. The lowest BCUT2D eigenvalue weighted by Crippen LogP contribution is -2.11. The van der Waals surface area contributed by atoms with E-state index >= 15 is 0 Å². The Morgan fingerprint density at radius 1 is 1.53 bits per heavy atom. The van der Waals surface area contributed by atoms with Crippen LogP contribution in [0.3, 0.4) is 0 Å². The van der Waals surface area contributed by atoms with Gasteiger partial charge < -0.3 is 5.32 Å². The van der Waals surface area contributed by atoms with Gasteiger partial charge in [-0.15, -0.1) is 0 Å². The van der Waals surface area contributed by atoms with E-state index in [0.717, 1.165) is 36.2 Å². The lowest BCUT2D eigenvalue weighted by Gasteiger charge is -2.06. The molecule has 1 atom stereocenters. The molecule has 1 aliphatic rings. The summed E-state index contributed by atoms with van der Waals surface area (Å²) in [6.07, 6.45) is 2.30. The second-order valence-corrected chi connectivity index (χ2v) is 5.14. The second kappa shape index (κ2) is 4.31. The van der Waals surface area contributed by atoms with Crippen molar-refractivity contribution in [2.45, 2.75) is 19.8 Å². The Morgan fingerprint density at radius 2 is 2.41 bits per heavy atom. The summed E-state index contributed by atoms with van der Waals surface area (Å²) in [5.41, 5.74) is 3.32. The van der Waals surface area contributed by atoms with Crippen LogP contribution in [0.2, 0.25) is 5.15 Å². The van der Waals surface area contributed by atoms with Crippen LogP contribution in [0.15, 0.2) is 18.2 Å². The van der Waals surface area contributed by atoms with E-state index in [9.17, 15) is 0 Å². The van der Waals surface area contributed by atoms with Crippen LogP contribution < -0.4 is 5.32 Å². The Bertz CT molecular complexity index is 541. The highest BCUT2D eigenvalue weighted by molar-refractivity contribution is 6.29. The third-order valence-electron chi connectivity index (χ3n) is 3.57. The maximum atomic E-state index is 6.20. The zero-order valence-corrected chi connectivity index (χ0v) is 10.7. The van der Waals surface area contributed by atoms with E-state index in [-0.39, 0.29) is 0 Å². The van der Waals surface area contributed by atoms with Crippen molar-refractivity contribution >= 4 is 17.2 Å². The van der Waals surface area contributed by atoms with Crippen LogP contribution in [0.25, 0.3) is 5.65 Å². The molecule has 1 unspecified atom stereocenters. The number of nitrogens with one attached hydrogen (secondary N) is 1. The molecule has 1 N–H and O–H groups in total. The van der Waals surface area contributed by atoms with Gasteiger partial charge in [0.25, 0.3) is 0 Å². The second-order valence-electron chi connectivity index (χ2n) is 4.75. The summed E-state index contributed by atoms with van der Waals surface area (Å²) in [6.45, 7) is 4.35. The van der Waals surface area contributed by atoms with Crippen LogP contribution in [0.1, 0.15) is 17.8 Å². The average Bonchev–Trinajstić information content (AvgIpc) is 2.90. The summed E-state index contributed by atoms with van der Waals surface area (Å²) in [5, 5.41) is 4.14. The van der Waals surface area contributed by atoms with Crippen molar-refractivity contribution < 1.29 is 0 Å². The molecule has 0 saturated carbocycles. The molecule has 0 aliphatic carbocycles. The number of nitrogens with zero attached hydrogens (tertiary/aromatic N) is 2. The normalized spacial score (nSPS) is 20.2. The molecule has 3 rings (SSSR count). The van der Waals surface area contributed by atoms with Gasteiger partial charge >= 0.3 is 0 Å². The van der Waals surface area contributed by atoms with E-state index in [1.54, 1.807) is 0 Å². The molecule has 0 amide bonds. The van der Waals surface area contributed by atoms with Crippen LogP contribution in [0.5, 0.6) is 0 Å². The van der Waals surface area contributed by atoms with E-state index in [2.05, 4.69) is 17.2 Å². The van der Waals surface area contributed by atoms with E-state index in [0.29, 0.717) is 0 Å². The van der Waals surface area contributed by atoms with Crippen molar-refractivity contribution in [3.05, 3.63) is 34.7 Å². The Hall–Kier alpha value is -1.06. The minimum atomic E-state index is 0.720. The molecule has 90 valence electrons. The highest BCUT2D eigenvalue weighted by Gasteiger charge is 2.18. The van der Waals surface area contributed by atoms with Crippen molar-refractivity contribution in [3.63, 3.8) is 0 Å². The number of hydrogen-bond acceptors (Lipinski definition) is 2. The van der Waals surface area contributed by atoms with Gasteiger partial charge in [-0.05, 0) is 50.9 Å². The van der Waals surface area contributed by atoms with Gasteiger partial charge in [0, 0.05) is 5.69 Å². The van der Waals surface area contributed by atoms with Crippen LogP contribution >= 0.6 is 11.6 Å². The number of hydrogen-bond donors (Lipinski definition) is 1. The summed E-state index contributed by atoms with van der Waals surface area (Å²) >= 11 is 6.20. The molecular weight excluding hydrogens is 234 g/mol. The topological polar surface area (TPSA) is 29.3 Å². The Morgan fingerprint density at radius 3 is 3.12 bits per heavy atom. The van der Waals surface area contributed by atoms with Gasteiger partial charge in [0.15, 0.2) is 0 Å². The van der Waals surface area contributed by atoms with Crippen molar-refractivity contribution in [2.75, 3.05) is 13.1 Å². The predicted molar refractivity (Wildman–Crippen MR) is 69.6 cm³/mol. The molecule has 1 aliphatic heterocycles. The molecule has 4 heteroatoms. The fourth-order valence-corrected chi connectivity index (χ4v) is 2.88. The molecular formula is C13H16ClN3. The largest absolute Gasteiger partial charge is 0.316 e. The van der Waals surface area contributed by atoms with Crippen molar-refractivity contribution in [3.8, 4) is 0 Å². The first-order chi connectivity index (χ1) is 8.25. The van der Waals surface area contributed by atoms with Crippen molar-refractivity contribution in [1.82, 2.24) is 14.7 Å². The van der Waals surface area contributed by atoms with Crippen molar-refractivity contribution in [1.29, 1.82) is 0 Å². The molecule has 1 fully saturated rings. The Kier molecular flexibility index (Phi) is 2.81. The lowest BCUT2D eigenvalue weighted by atomic mass is 10.0. The van der Waals surface area contributed by atoms with Gasteiger partial charge in [0.05, 0.1) is 5.69 Å². The lowest BCUT2D eigenvalue weighted by molar-refractivity contribution is 0.571. The summed E-state index contributed by atoms with van der Waals surface area (Å²) in [4.78, 5) is 4.69. The molecule has 3 heterocycles. The summed E-state index contributed by atoms with van der Waals surface area (Å²) in [6, 6.07) is 5.87. The monoisotopic (exact) mass is 249 g/mol. The minimum Gasteiger partial charge on any atom is -0.316 e. The summed E-state index contributed by atoms with van der Waals surface area (Å²) in [7, 11) is 0. The van der Waals surface area contributed by atoms with Gasteiger partial charge in [-0.1, -0.05) is 17.7 Å². The molecule has 0 bridgehead atoms. The predicted octanol–water partition coefficient (Wildman–Crippen LogP) is 2.45. The molecule has 17 heavy (non-hydrogen) atoms. The summed E-state index contributed by atoms with van der Waals surface area (Å²) < 4.78 is 2.03. The first-order valence-corrected chi connectivity index (χ1v) is 6.46. The zero-order valence-electron chi connectivity index (χ0n) is 9.91. The maximum absolute atomic E-state index is 6.20. The Balaban J connectivity index is 1.99. The maximum Gasteiger partial charge on any atom is 0.138 e.